The van der Waals surface area contributed by atoms with Crippen LogP contribution in [-0.2, 0) is 19.3 Å². The molecule has 0 aromatic carbocycles. The van der Waals surface area contributed by atoms with E-state index < -0.39 is 17.6 Å². The van der Waals surface area contributed by atoms with E-state index in [0.717, 1.165) is 4.57 Å². The van der Waals surface area contributed by atoms with Crippen molar-refractivity contribution in [2.45, 2.75) is 51.6 Å². The molecule has 114 valence electrons. The summed E-state index contributed by atoms with van der Waals surface area (Å²) in [5.41, 5.74) is -0.797. The second-order valence-electron chi connectivity index (χ2n) is 5.23. The molecule has 0 saturated heterocycles. The maximum Gasteiger partial charge on any atom is 0.451 e. The number of β-amino-alcohol motifs (C(OH)–C–C–N with tert-alkyl or cyclic N) is 1. The van der Waals surface area contributed by atoms with Crippen LogP contribution in [0.15, 0.2) is 0 Å². The summed E-state index contributed by atoms with van der Waals surface area (Å²) in [4.78, 5) is 1.93. The first-order valence-corrected chi connectivity index (χ1v) is 6.73. The van der Waals surface area contributed by atoms with Gasteiger partial charge in [-0.3, -0.25) is 4.90 Å². The van der Waals surface area contributed by atoms with E-state index >= 15 is 0 Å². The molecule has 0 spiro atoms. The molecular formula is C12H19F3N4O. The van der Waals surface area contributed by atoms with E-state index in [1.807, 2.05) is 18.7 Å². The molecule has 0 radical (unpaired) electrons. The Kier molecular flexibility index (Phi) is 4.06. The number of rotatable bonds is 4. The average Bonchev–Trinajstić information content (AvgIpc) is 2.81. The van der Waals surface area contributed by atoms with E-state index in [-0.39, 0.29) is 13.1 Å². The molecular weight excluding hydrogens is 273 g/mol. The minimum Gasteiger partial charge on any atom is -0.389 e. The highest BCUT2D eigenvalue weighted by Gasteiger charge is 2.40. The van der Waals surface area contributed by atoms with Crippen LogP contribution in [0, 0.1) is 0 Å². The zero-order chi connectivity index (χ0) is 15.0. The monoisotopic (exact) mass is 292 g/mol. The molecule has 0 atom stereocenters. The van der Waals surface area contributed by atoms with Crippen LogP contribution in [0.25, 0.3) is 0 Å². The van der Waals surface area contributed by atoms with Gasteiger partial charge in [-0.05, 0) is 12.8 Å². The van der Waals surface area contributed by atoms with Crippen molar-refractivity contribution < 1.29 is 18.3 Å². The van der Waals surface area contributed by atoms with Gasteiger partial charge in [-0.2, -0.15) is 13.2 Å². The van der Waals surface area contributed by atoms with Gasteiger partial charge in [0.15, 0.2) is 0 Å². The maximum atomic E-state index is 12.7. The first-order valence-electron chi connectivity index (χ1n) is 6.73. The number of halogens is 3. The van der Waals surface area contributed by atoms with Gasteiger partial charge in [0.1, 0.15) is 5.82 Å². The van der Waals surface area contributed by atoms with Crippen LogP contribution in [0.5, 0.6) is 0 Å². The Morgan fingerprint density at radius 1 is 1.15 bits per heavy atom. The Balaban J connectivity index is 2.11. The highest BCUT2D eigenvalue weighted by molar-refractivity contribution is 5.02. The maximum absolute atomic E-state index is 12.7. The van der Waals surface area contributed by atoms with Crippen LogP contribution in [0.3, 0.4) is 0 Å². The second-order valence-corrected chi connectivity index (χ2v) is 5.23. The van der Waals surface area contributed by atoms with Crippen molar-refractivity contribution in [3.8, 4) is 0 Å². The summed E-state index contributed by atoms with van der Waals surface area (Å²) < 4.78 is 39.2. The SMILES string of the molecule is CCC(O)(CC)CN1CCn2c(nnc2C(F)(F)F)C1. The van der Waals surface area contributed by atoms with Gasteiger partial charge < -0.3 is 9.67 Å². The summed E-state index contributed by atoms with van der Waals surface area (Å²) in [6.07, 6.45) is -3.25. The Morgan fingerprint density at radius 2 is 1.80 bits per heavy atom. The number of fused-ring (bicyclic) bond motifs is 1. The fourth-order valence-corrected chi connectivity index (χ4v) is 2.44. The zero-order valence-corrected chi connectivity index (χ0v) is 11.6. The fourth-order valence-electron chi connectivity index (χ4n) is 2.44. The van der Waals surface area contributed by atoms with E-state index in [0.29, 0.717) is 31.8 Å². The lowest BCUT2D eigenvalue weighted by Crippen LogP contribution is -2.45. The lowest BCUT2D eigenvalue weighted by atomic mass is 9.96. The lowest BCUT2D eigenvalue weighted by molar-refractivity contribution is -0.148. The van der Waals surface area contributed by atoms with Crippen LogP contribution in [0.1, 0.15) is 38.3 Å². The Labute approximate surface area is 115 Å². The third-order valence-electron chi connectivity index (χ3n) is 3.92. The molecule has 5 nitrogen and oxygen atoms in total. The van der Waals surface area contributed by atoms with Gasteiger partial charge in [0.25, 0.3) is 0 Å². The van der Waals surface area contributed by atoms with E-state index in [9.17, 15) is 18.3 Å². The largest absolute Gasteiger partial charge is 0.451 e. The van der Waals surface area contributed by atoms with Crippen LogP contribution in [0.4, 0.5) is 13.2 Å². The quantitative estimate of drug-likeness (QED) is 0.917. The van der Waals surface area contributed by atoms with Gasteiger partial charge in [0.05, 0.1) is 12.1 Å². The van der Waals surface area contributed by atoms with Gasteiger partial charge in [0.2, 0.25) is 5.82 Å². The average molecular weight is 292 g/mol. The molecule has 1 aliphatic rings. The third kappa shape index (κ3) is 2.95. The topological polar surface area (TPSA) is 54.2 Å². The Hall–Kier alpha value is -1.15. The standard InChI is InChI=1S/C12H19F3N4O/c1-3-11(20,4-2)8-18-5-6-19-9(7-18)16-17-10(19)12(13,14)15/h20H,3-8H2,1-2H3. The van der Waals surface area contributed by atoms with Gasteiger partial charge >= 0.3 is 6.18 Å². The summed E-state index contributed by atoms with van der Waals surface area (Å²) in [5, 5.41) is 17.2. The smallest absolute Gasteiger partial charge is 0.389 e. The molecule has 0 bridgehead atoms. The second kappa shape index (κ2) is 5.33. The number of alkyl halides is 3. The molecule has 2 heterocycles. The molecule has 0 amide bonds. The zero-order valence-electron chi connectivity index (χ0n) is 11.6. The minimum atomic E-state index is -4.47. The van der Waals surface area contributed by atoms with Crippen molar-refractivity contribution in [1.82, 2.24) is 19.7 Å². The van der Waals surface area contributed by atoms with E-state index in [1.54, 1.807) is 0 Å². The van der Waals surface area contributed by atoms with Crippen molar-refractivity contribution in [3.05, 3.63) is 11.6 Å². The molecule has 2 rings (SSSR count). The van der Waals surface area contributed by atoms with E-state index in [2.05, 4.69) is 10.2 Å². The summed E-state index contributed by atoms with van der Waals surface area (Å²) in [6, 6.07) is 0. The molecule has 1 N–H and O–H groups in total. The van der Waals surface area contributed by atoms with Gasteiger partial charge in [-0.25, -0.2) is 0 Å². The van der Waals surface area contributed by atoms with Crippen molar-refractivity contribution >= 4 is 0 Å². The first kappa shape index (κ1) is 15.2. The van der Waals surface area contributed by atoms with Gasteiger partial charge in [0, 0.05) is 19.6 Å². The molecule has 8 heteroatoms. The molecule has 0 aliphatic carbocycles. The molecule has 20 heavy (non-hydrogen) atoms. The van der Waals surface area contributed by atoms with Crippen LogP contribution < -0.4 is 0 Å². The van der Waals surface area contributed by atoms with Crippen molar-refractivity contribution in [2.24, 2.45) is 0 Å². The molecule has 1 aromatic rings. The Bertz CT molecular complexity index is 468. The first-order chi connectivity index (χ1) is 9.29. The highest BCUT2D eigenvalue weighted by atomic mass is 19.4. The highest BCUT2D eigenvalue weighted by Crippen LogP contribution is 2.29. The van der Waals surface area contributed by atoms with Crippen molar-refractivity contribution in [2.75, 3.05) is 13.1 Å². The normalized spacial score (nSPS) is 17.3. The van der Waals surface area contributed by atoms with Gasteiger partial charge in [-0.15, -0.1) is 10.2 Å². The molecule has 1 aromatic heterocycles. The number of hydrogen-bond donors (Lipinski definition) is 1. The van der Waals surface area contributed by atoms with Crippen LogP contribution in [0.2, 0.25) is 0 Å². The predicted molar refractivity (Wildman–Crippen MR) is 65.8 cm³/mol. The number of aromatic nitrogens is 3. The van der Waals surface area contributed by atoms with E-state index in [1.165, 1.54) is 0 Å². The summed E-state index contributed by atoms with van der Waals surface area (Å²) in [6.45, 7) is 5.17. The number of hydrogen-bond acceptors (Lipinski definition) is 4. The lowest BCUT2D eigenvalue weighted by Gasteiger charge is -2.35. The molecule has 1 aliphatic heterocycles. The molecule has 0 fully saturated rings. The minimum absolute atomic E-state index is 0.195. The summed E-state index contributed by atoms with van der Waals surface area (Å²) in [5.74, 6) is -0.633. The predicted octanol–water partition coefficient (Wildman–Crippen LogP) is 1.66. The third-order valence-corrected chi connectivity index (χ3v) is 3.92. The molecule has 0 saturated carbocycles. The Morgan fingerprint density at radius 3 is 2.35 bits per heavy atom. The van der Waals surface area contributed by atoms with Crippen LogP contribution >= 0.6 is 0 Å². The number of aliphatic hydroxyl groups is 1. The fraction of sp³-hybridized carbons (Fsp3) is 0.833. The van der Waals surface area contributed by atoms with Crippen molar-refractivity contribution in [1.29, 1.82) is 0 Å². The summed E-state index contributed by atoms with van der Waals surface area (Å²) >= 11 is 0. The van der Waals surface area contributed by atoms with Gasteiger partial charge in [-0.1, -0.05) is 13.8 Å². The van der Waals surface area contributed by atoms with Crippen LogP contribution in [-0.4, -0.2) is 43.5 Å². The van der Waals surface area contributed by atoms with Crippen molar-refractivity contribution in [3.63, 3.8) is 0 Å². The molecule has 0 unspecified atom stereocenters. The van der Waals surface area contributed by atoms with E-state index in [4.69, 9.17) is 0 Å². The summed E-state index contributed by atoms with van der Waals surface area (Å²) in [7, 11) is 0. The number of nitrogens with zero attached hydrogens (tertiary/aromatic N) is 4.